The Labute approximate surface area is 143 Å². The van der Waals surface area contributed by atoms with Gasteiger partial charge in [0, 0.05) is 10.2 Å². The SMILES string of the molecule is COc1cccc(Br)c1OC1CC(Br)C12CCCCCC2. The second-order valence-corrected chi connectivity index (χ2v) is 8.19. The molecule has 1 spiro atoms. The van der Waals surface area contributed by atoms with Crippen molar-refractivity contribution in [3.8, 4) is 11.5 Å². The molecular formula is C17H22Br2O2. The maximum Gasteiger partial charge on any atom is 0.175 e. The molecule has 1 aromatic rings. The zero-order valence-corrected chi connectivity index (χ0v) is 15.6. The molecule has 2 nitrogen and oxygen atoms in total. The number of alkyl halides is 1. The zero-order valence-electron chi connectivity index (χ0n) is 12.4. The summed E-state index contributed by atoms with van der Waals surface area (Å²) < 4.78 is 12.9. The van der Waals surface area contributed by atoms with E-state index in [9.17, 15) is 0 Å². The van der Waals surface area contributed by atoms with E-state index in [1.165, 1.54) is 38.5 Å². The first-order chi connectivity index (χ1) is 10.2. The van der Waals surface area contributed by atoms with E-state index in [1.54, 1.807) is 7.11 Å². The lowest BCUT2D eigenvalue weighted by Gasteiger charge is -2.53. The van der Waals surface area contributed by atoms with E-state index >= 15 is 0 Å². The number of methoxy groups -OCH3 is 1. The average molecular weight is 418 g/mol. The highest BCUT2D eigenvalue weighted by Gasteiger charge is 2.55. The van der Waals surface area contributed by atoms with Gasteiger partial charge in [-0.2, -0.15) is 0 Å². The summed E-state index contributed by atoms with van der Waals surface area (Å²) in [5.74, 6) is 1.67. The molecule has 2 unspecified atom stereocenters. The Morgan fingerprint density at radius 3 is 2.48 bits per heavy atom. The number of hydrogen-bond acceptors (Lipinski definition) is 2. The van der Waals surface area contributed by atoms with Crippen LogP contribution in [0.25, 0.3) is 0 Å². The molecule has 0 N–H and O–H groups in total. The van der Waals surface area contributed by atoms with Crippen LogP contribution in [0.3, 0.4) is 0 Å². The van der Waals surface area contributed by atoms with Crippen molar-refractivity contribution >= 4 is 31.9 Å². The van der Waals surface area contributed by atoms with Gasteiger partial charge in [0.05, 0.1) is 11.6 Å². The summed E-state index contributed by atoms with van der Waals surface area (Å²) >= 11 is 7.49. The average Bonchev–Trinajstić information content (AvgIpc) is 2.76. The molecule has 4 heteroatoms. The van der Waals surface area contributed by atoms with Crippen molar-refractivity contribution in [3.63, 3.8) is 0 Å². The molecule has 0 saturated heterocycles. The lowest BCUT2D eigenvalue weighted by atomic mass is 9.61. The Kier molecular flexibility index (Phi) is 4.84. The molecule has 2 fully saturated rings. The van der Waals surface area contributed by atoms with Crippen molar-refractivity contribution in [2.24, 2.45) is 5.41 Å². The van der Waals surface area contributed by atoms with Crippen molar-refractivity contribution < 1.29 is 9.47 Å². The van der Waals surface area contributed by atoms with Crippen molar-refractivity contribution in [3.05, 3.63) is 22.7 Å². The van der Waals surface area contributed by atoms with Gasteiger partial charge in [-0.25, -0.2) is 0 Å². The van der Waals surface area contributed by atoms with Gasteiger partial charge in [-0.15, -0.1) is 0 Å². The van der Waals surface area contributed by atoms with Crippen LogP contribution in [-0.2, 0) is 0 Å². The van der Waals surface area contributed by atoms with E-state index < -0.39 is 0 Å². The summed E-state index contributed by atoms with van der Waals surface area (Å²) in [5.41, 5.74) is 0.316. The predicted octanol–water partition coefficient (Wildman–Crippen LogP) is 5.71. The van der Waals surface area contributed by atoms with Crippen LogP contribution in [0, 0.1) is 5.41 Å². The minimum Gasteiger partial charge on any atom is -0.493 e. The Morgan fingerprint density at radius 2 is 1.86 bits per heavy atom. The molecule has 2 saturated carbocycles. The lowest BCUT2D eigenvalue weighted by Crippen LogP contribution is -2.56. The molecule has 116 valence electrons. The normalized spacial score (nSPS) is 27.8. The van der Waals surface area contributed by atoms with E-state index in [2.05, 4.69) is 31.9 Å². The van der Waals surface area contributed by atoms with Gasteiger partial charge in [0.2, 0.25) is 0 Å². The number of rotatable bonds is 3. The molecule has 0 amide bonds. The first kappa shape index (κ1) is 15.7. The standard InChI is InChI=1S/C17H22Br2O2/c1-20-13-8-6-7-12(18)16(13)21-15-11-14(19)17(15)9-4-2-3-5-10-17/h6-8,14-15H,2-5,9-11H2,1H3. The molecule has 2 atom stereocenters. The summed E-state index contributed by atoms with van der Waals surface area (Å²) in [6, 6.07) is 5.96. The molecule has 3 rings (SSSR count). The van der Waals surface area contributed by atoms with Crippen LogP contribution < -0.4 is 9.47 Å². The van der Waals surface area contributed by atoms with Crippen LogP contribution in [0.5, 0.6) is 11.5 Å². The Morgan fingerprint density at radius 1 is 1.14 bits per heavy atom. The van der Waals surface area contributed by atoms with Crippen LogP contribution in [0.4, 0.5) is 0 Å². The quantitative estimate of drug-likeness (QED) is 0.586. The fourth-order valence-electron chi connectivity index (χ4n) is 3.79. The zero-order chi connectivity index (χ0) is 14.9. The third kappa shape index (κ3) is 2.86. The van der Waals surface area contributed by atoms with Crippen LogP contribution >= 0.6 is 31.9 Å². The highest BCUT2D eigenvalue weighted by molar-refractivity contribution is 9.10. The van der Waals surface area contributed by atoms with Crippen LogP contribution in [-0.4, -0.2) is 18.0 Å². The molecule has 0 aromatic heterocycles. The van der Waals surface area contributed by atoms with Crippen molar-refractivity contribution in [1.29, 1.82) is 0 Å². The van der Waals surface area contributed by atoms with Gasteiger partial charge in [-0.05, 0) is 47.3 Å². The van der Waals surface area contributed by atoms with Crippen molar-refractivity contribution in [2.45, 2.75) is 55.9 Å². The second-order valence-electron chi connectivity index (χ2n) is 6.23. The van der Waals surface area contributed by atoms with Gasteiger partial charge < -0.3 is 9.47 Å². The van der Waals surface area contributed by atoms with Crippen molar-refractivity contribution in [2.75, 3.05) is 7.11 Å². The van der Waals surface area contributed by atoms with E-state index in [-0.39, 0.29) is 0 Å². The Hall–Kier alpha value is -0.220. The third-order valence-corrected chi connectivity index (χ3v) is 7.04. The molecule has 0 aliphatic heterocycles. The number of halogens is 2. The maximum absolute atomic E-state index is 6.42. The molecular weight excluding hydrogens is 396 g/mol. The topological polar surface area (TPSA) is 18.5 Å². The molecule has 0 heterocycles. The first-order valence-electron chi connectivity index (χ1n) is 7.80. The summed E-state index contributed by atoms with van der Waals surface area (Å²) in [5, 5.41) is 0. The minimum atomic E-state index is 0.299. The van der Waals surface area contributed by atoms with E-state index in [0.29, 0.717) is 16.3 Å². The first-order valence-corrected chi connectivity index (χ1v) is 9.51. The van der Waals surface area contributed by atoms with Crippen LogP contribution in [0.1, 0.15) is 44.9 Å². The number of para-hydroxylation sites is 1. The van der Waals surface area contributed by atoms with Gasteiger partial charge in [-0.3, -0.25) is 0 Å². The fourth-order valence-corrected chi connectivity index (χ4v) is 5.33. The van der Waals surface area contributed by atoms with Crippen LogP contribution in [0.15, 0.2) is 22.7 Å². The van der Waals surface area contributed by atoms with Gasteiger partial charge in [0.25, 0.3) is 0 Å². The highest BCUT2D eigenvalue weighted by Crippen LogP contribution is 2.56. The number of benzene rings is 1. The molecule has 1 aromatic carbocycles. The maximum atomic E-state index is 6.42. The molecule has 21 heavy (non-hydrogen) atoms. The molecule has 2 aliphatic rings. The van der Waals surface area contributed by atoms with Crippen molar-refractivity contribution in [1.82, 2.24) is 0 Å². The van der Waals surface area contributed by atoms with E-state index in [0.717, 1.165) is 22.4 Å². The molecule has 0 bridgehead atoms. The number of ether oxygens (including phenoxy) is 2. The summed E-state index contributed by atoms with van der Waals surface area (Å²) in [6.45, 7) is 0. The lowest BCUT2D eigenvalue weighted by molar-refractivity contribution is -0.0476. The third-order valence-electron chi connectivity index (χ3n) is 5.13. The fraction of sp³-hybridized carbons (Fsp3) is 0.647. The van der Waals surface area contributed by atoms with Gasteiger partial charge in [0.1, 0.15) is 6.10 Å². The summed E-state index contributed by atoms with van der Waals surface area (Å²) in [6.07, 6.45) is 9.33. The summed E-state index contributed by atoms with van der Waals surface area (Å²) in [4.78, 5) is 0.599. The summed E-state index contributed by atoms with van der Waals surface area (Å²) in [7, 11) is 1.70. The minimum absolute atomic E-state index is 0.299. The molecule has 2 aliphatic carbocycles. The van der Waals surface area contributed by atoms with E-state index in [4.69, 9.17) is 9.47 Å². The van der Waals surface area contributed by atoms with Gasteiger partial charge in [-0.1, -0.05) is 47.7 Å². The predicted molar refractivity (Wildman–Crippen MR) is 92.6 cm³/mol. The smallest absolute Gasteiger partial charge is 0.175 e. The number of hydrogen-bond donors (Lipinski definition) is 0. The molecule has 0 radical (unpaired) electrons. The van der Waals surface area contributed by atoms with Crippen LogP contribution in [0.2, 0.25) is 0 Å². The van der Waals surface area contributed by atoms with E-state index in [1.807, 2.05) is 18.2 Å². The second kappa shape index (κ2) is 6.49. The van der Waals surface area contributed by atoms with Gasteiger partial charge in [0.15, 0.2) is 11.5 Å². The monoisotopic (exact) mass is 416 g/mol. The highest BCUT2D eigenvalue weighted by atomic mass is 79.9. The van der Waals surface area contributed by atoms with Gasteiger partial charge >= 0.3 is 0 Å². The largest absolute Gasteiger partial charge is 0.493 e. The Balaban J connectivity index is 1.82. The Bertz CT molecular complexity index is 496.